The Morgan fingerprint density at radius 1 is 1.21 bits per heavy atom. The van der Waals surface area contributed by atoms with Crippen LogP contribution in [0.1, 0.15) is 41.7 Å². The topological polar surface area (TPSA) is 95.9 Å². The van der Waals surface area contributed by atoms with Crippen LogP contribution in [-0.2, 0) is 6.54 Å². The fraction of sp³-hybridized carbons (Fsp3) is 0.450. The van der Waals surface area contributed by atoms with Gasteiger partial charge in [-0.05, 0) is 45.4 Å². The molecule has 0 bridgehead atoms. The van der Waals surface area contributed by atoms with Crippen LogP contribution in [0.3, 0.4) is 0 Å². The first kappa shape index (κ1) is 18.0. The van der Waals surface area contributed by atoms with Crippen LogP contribution in [0.25, 0.3) is 11.5 Å². The number of hydrogen-bond donors (Lipinski definition) is 0. The summed E-state index contributed by atoms with van der Waals surface area (Å²) in [6, 6.07) is 3.90. The molecule has 1 atom stereocenters. The van der Waals surface area contributed by atoms with Crippen molar-refractivity contribution >= 4 is 0 Å². The molecule has 3 aromatic rings. The lowest BCUT2D eigenvalue weighted by Crippen LogP contribution is -2.24. The fourth-order valence-corrected chi connectivity index (χ4v) is 4.01. The van der Waals surface area contributed by atoms with E-state index in [-0.39, 0.29) is 12.8 Å². The summed E-state index contributed by atoms with van der Waals surface area (Å²) >= 11 is 0. The second-order valence-electron chi connectivity index (χ2n) is 7.30. The van der Waals surface area contributed by atoms with Gasteiger partial charge < -0.3 is 18.6 Å². The quantitative estimate of drug-likeness (QED) is 0.640. The van der Waals surface area contributed by atoms with Crippen molar-refractivity contribution in [1.29, 1.82) is 0 Å². The van der Waals surface area contributed by atoms with Gasteiger partial charge in [0.2, 0.25) is 18.4 Å². The van der Waals surface area contributed by atoms with E-state index in [0.717, 1.165) is 47.8 Å². The Kier molecular flexibility index (Phi) is 4.39. The van der Waals surface area contributed by atoms with Gasteiger partial charge in [-0.2, -0.15) is 0 Å². The number of methoxy groups -OCH3 is 1. The van der Waals surface area contributed by atoms with E-state index in [2.05, 4.69) is 15.2 Å². The summed E-state index contributed by atoms with van der Waals surface area (Å²) in [6.07, 6.45) is 2.12. The molecule has 2 aromatic heterocycles. The molecular formula is C20H22N4O5. The maximum atomic E-state index is 5.98. The minimum Gasteiger partial charge on any atom is -0.493 e. The number of fused-ring (bicyclic) bond motifs is 1. The summed E-state index contributed by atoms with van der Waals surface area (Å²) < 4.78 is 27.3. The molecule has 2 aliphatic rings. The average molecular weight is 398 g/mol. The molecule has 0 N–H and O–H groups in total. The van der Waals surface area contributed by atoms with Gasteiger partial charge in [-0.25, -0.2) is 9.61 Å². The van der Waals surface area contributed by atoms with Crippen LogP contribution in [0, 0.1) is 13.8 Å². The highest BCUT2D eigenvalue weighted by Gasteiger charge is 2.31. The van der Waals surface area contributed by atoms with Crippen molar-refractivity contribution < 1.29 is 23.3 Å². The molecule has 0 aliphatic carbocycles. The number of aryl methyl sites for hydroxylation is 2. The standard InChI is InChI=1S/C20H22N4O5/c1-11-18(23-29-22-11)15-5-4-6-24(15)9-14-12(2)28-20(21-14)13-7-16(25-3)19-17(8-13)26-10-27-19/h7-8,15H,4-6,9-10H2,1-3H3/t15-/m1/s1. The van der Waals surface area contributed by atoms with Gasteiger partial charge in [0.15, 0.2) is 11.5 Å². The number of aromatic nitrogens is 3. The first-order chi connectivity index (χ1) is 14.1. The van der Waals surface area contributed by atoms with Crippen LogP contribution in [0.15, 0.2) is 21.2 Å². The molecule has 1 fully saturated rings. The lowest BCUT2D eigenvalue weighted by Gasteiger charge is -2.21. The fourth-order valence-electron chi connectivity index (χ4n) is 4.01. The second-order valence-corrected chi connectivity index (χ2v) is 7.30. The van der Waals surface area contributed by atoms with E-state index in [4.69, 9.17) is 28.2 Å². The van der Waals surface area contributed by atoms with E-state index in [1.807, 2.05) is 26.0 Å². The summed E-state index contributed by atoms with van der Waals surface area (Å²) in [4.78, 5) is 7.11. The van der Waals surface area contributed by atoms with Crippen molar-refractivity contribution in [2.24, 2.45) is 0 Å². The van der Waals surface area contributed by atoms with Crippen LogP contribution in [0.5, 0.6) is 17.2 Å². The molecule has 9 nitrogen and oxygen atoms in total. The number of nitrogens with zero attached hydrogens (tertiary/aromatic N) is 4. The Morgan fingerprint density at radius 3 is 2.90 bits per heavy atom. The highest BCUT2D eigenvalue weighted by atomic mass is 16.7. The van der Waals surface area contributed by atoms with Crippen LogP contribution in [-0.4, -0.2) is 40.6 Å². The van der Waals surface area contributed by atoms with Crippen molar-refractivity contribution in [2.75, 3.05) is 20.4 Å². The largest absolute Gasteiger partial charge is 0.493 e. The summed E-state index contributed by atoms with van der Waals surface area (Å²) in [5.74, 6) is 3.16. The number of likely N-dealkylation sites (tertiary alicyclic amines) is 1. The molecule has 1 saturated heterocycles. The summed E-state index contributed by atoms with van der Waals surface area (Å²) in [7, 11) is 1.60. The number of rotatable bonds is 5. The highest BCUT2D eigenvalue weighted by molar-refractivity contribution is 5.66. The minimum absolute atomic E-state index is 0.178. The molecule has 0 amide bonds. The van der Waals surface area contributed by atoms with Crippen LogP contribution >= 0.6 is 0 Å². The van der Waals surface area contributed by atoms with Gasteiger partial charge in [-0.15, -0.1) is 0 Å². The Labute approximate surface area is 167 Å². The van der Waals surface area contributed by atoms with Crippen LogP contribution < -0.4 is 14.2 Å². The summed E-state index contributed by atoms with van der Waals surface area (Å²) in [6.45, 7) is 5.68. The second kappa shape index (κ2) is 7.07. The van der Waals surface area contributed by atoms with Crippen molar-refractivity contribution in [3.05, 3.63) is 35.0 Å². The lowest BCUT2D eigenvalue weighted by atomic mass is 10.1. The summed E-state index contributed by atoms with van der Waals surface area (Å²) in [5, 5.41) is 8.03. The molecule has 2 aliphatic heterocycles. The molecule has 0 radical (unpaired) electrons. The zero-order valence-electron chi connectivity index (χ0n) is 16.6. The Bertz CT molecular complexity index is 1040. The molecule has 9 heteroatoms. The van der Waals surface area contributed by atoms with Crippen molar-refractivity contribution in [3.8, 4) is 28.7 Å². The smallest absolute Gasteiger partial charge is 0.231 e. The summed E-state index contributed by atoms with van der Waals surface area (Å²) in [5.41, 5.74) is 3.43. The van der Waals surface area contributed by atoms with Crippen LogP contribution in [0.2, 0.25) is 0 Å². The lowest BCUT2D eigenvalue weighted by molar-refractivity contribution is 0.171. The van der Waals surface area contributed by atoms with E-state index in [0.29, 0.717) is 29.7 Å². The van der Waals surface area contributed by atoms with Crippen molar-refractivity contribution in [1.82, 2.24) is 20.2 Å². The van der Waals surface area contributed by atoms with Gasteiger partial charge in [0, 0.05) is 12.1 Å². The van der Waals surface area contributed by atoms with Gasteiger partial charge in [0.25, 0.3) is 0 Å². The maximum absolute atomic E-state index is 5.98. The molecule has 29 heavy (non-hydrogen) atoms. The monoisotopic (exact) mass is 398 g/mol. The predicted octanol–water partition coefficient (Wildman–Crippen LogP) is 3.42. The van der Waals surface area contributed by atoms with E-state index < -0.39 is 0 Å². The minimum atomic E-state index is 0.178. The number of ether oxygens (including phenoxy) is 3. The number of oxazole rings is 1. The Morgan fingerprint density at radius 2 is 2.10 bits per heavy atom. The molecular weight excluding hydrogens is 376 g/mol. The highest BCUT2D eigenvalue weighted by Crippen LogP contribution is 2.44. The number of benzene rings is 1. The molecule has 0 unspecified atom stereocenters. The van der Waals surface area contributed by atoms with Gasteiger partial charge in [-0.1, -0.05) is 10.3 Å². The zero-order valence-corrected chi connectivity index (χ0v) is 16.6. The Balaban J connectivity index is 1.42. The molecule has 5 rings (SSSR count). The Hall–Kier alpha value is -3.07. The van der Waals surface area contributed by atoms with Gasteiger partial charge >= 0.3 is 0 Å². The molecule has 0 saturated carbocycles. The van der Waals surface area contributed by atoms with E-state index in [1.165, 1.54) is 0 Å². The van der Waals surface area contributed by atoms with E-state index in [9.17, 15) is 0 Å². The first-order valence-electron chi connectivity index (χ1n) is 9.61. The van der Waals surface area contributed by atoms with E-state index in [1.54, 1.807) is 7.11 Å². The molecule has 152 valence electrons. The van der Waals surface area contributed by atoms with Gasteiger partial charge in [0.05, 0.1) is 18.8 Å². The van der Waals surface area contributed by atoms with Gasteiger partial charge in [0.1, 0.15) is 17.1 Å². The van der Waals surface area contributed by atoms with E-state index >= 15 is 0 Å². The van der Waals surface area contributed by atoms with Crippen molar-refractivity contribution in [3.63, 3.8) is 0 Å². The molecule has 1 aromatic carbocycles. The number of hydrogen-bond acceptors (Lipinski definition) is 9. The van der Waals surface area contributed by atoms with Crippen molar-refractivity contribution in [2.45, 2.75) is 39.3 Å². The predicted molar refractivity (Wildman–Crippen MR) is 101 cm³/mol. The zero-order chi connectivity index (χ0) is 20.0. The van der Waals surface area contributed by atoms with Crippen LogP contribution in [0.4, 0.5) is 0 Å². The molecule has 4 heterocycles. The first-order valence-corrected chi connectivity index (χ1v) is 9.61. The maximum Gasteiger partial charge on any atom is 0.231 e. The third-order valence-electron chi connectivity index (χ3n) is 5.52. The SMILES string of the molecule is COc1cc(-c2nc(CN3CCC[C@@H]3c3nonc3C)c(C)o2)cc2c1OCO2. The third-order valence-corrected chi connectivity index (χ3v) is 5.52. The van der Waals surface area contributed by atoms with Gasteiger partial charge in [-0.3, -0.25) is 4.90 Å². The molecule has 0 spiro atoms. The normalized spacial score (nSPS) is 18.5. The third kappa shape index (κ3) is 3.11. The average Bonchev–Trinajstić information content (AvgIpc) is 3.49.